The number of aromatic nitrogens is 1. The molecule has 18 heavy (non-hydrogen) atoms. The fourth-order valence-corrected chi connectivity index (χ4v) is 2.24. The Morgan fingerprint density at radius 1 is 1.33 bits per heavy atom. The second-order valence-electron chi connectivity index (χ2n) is 4.72. The van der Waals surface area contributed by atoms with Gasteiger partial charge in [0.1, 0.15) is 0 Å². The first-order valence-corrected chi connectivity index (χ1v) is 6.73. The van der Waals surface area contributed by atoms with Crippen molar-refractivity contribution in [3.63, 3.8) is 0 Å². The van der Waals surface area contributed by atoms with Gasteiger partial charge < -0.3 is 9.42 Å². The van der Waals surface area contributed by atoms with Gasteiger partial charge in [0.25, 0.3) is 5.91 Å². The van der Waals surface area contributed by atoms with Gasteiger partial charge in [0.2, 0.25) is 5.76 Å². The molecule has 0 atom stereocenters. The van der Waals surface area contributed by atoms with E-state index in [0.29, 0.717) is 5.76 Å². The summed E-state index contributed by atoms with van der Waals surface area (Å²) < 4.78 is 4.90. The molecule has 0 N–H and O–H groups in total. The van der Waals surface area contributed by atoms with Crippen LogP contribution in [-0.2, 0) is 0 Å². The lowest BCUT2D eigenvalue weighted by atomic mass is 10.2. The Balaban J connectivity index is 1.75. The molecule has 1 aromatic heterocycles. The van der Waals surface area contributed by atoms with Gasteiger partial charge in [0.15, 0.2) is 0 Å². The third-order valence-corrected chi connectivity index (χ3v) is 3.39. The highest BCUT2D eigenvalue weighted by molar-refractivity contribution is 5.91. The van der Waals surface area contributed by atoms with Crippen LogP contribution in [0.1, 0.15) is 36.7 Å². The smallest absolute Gasteiger partial charge is 0.292 e. The fourth-order valence-electron chi connectivity index (χ4n) is 2.24. The van der Waals surface area contributed by atoms with Crippen LogP contribution in [0.4, 0.5) is 0 Å². The molecule has 1 aliphatic heterocycles. The second-order valence-corrected chi connectivity index (χ2v) is 4.72. The number of carbonyl (C=O) groups is 1. The minimum absolute atomic E-state index is 0.0410. The number of carbonyl (C=O) groups excluding carboxylic acids is 1. The lowest BCUT2D eigenvalue weighted by Crippen LogP contribution is -2.48. The van der Waals surface area contributed by atoms with Crippen LogP contribution in [0.15, 0.2) is 16.8 Å². The van der Waals surface area contributed by atoms with Crippen molar-refractivity contribution in [3.8, 4) is 0 Å². The van der Waals surface area contributed by atoms with Crippen LogP contribution < -0.4 is 0 Å². The van der Waals surface area contributed by atoms with Crippen molar-refractivity contribution in [2.75, 3.05) is 32.7 Å². The van der Waals surface area contributed by atoms with Gasteiger partial charge in [-0.05, 0) is 13.0 Å². The van der Waals surface area contributed by atoms with Gasteiger partial charge in [0, 0.05) is 32.2 Å². The molecular weight excluding hydrogens is 230 g/mol. The summed E-state index contributed by atoms with van der Waals surface area (Å²) in [7, 11) is 0. The van der Waals surface area contributed by atoms with Gasteiger partial charge in [-0.3, -0.25) is 9.69 Å². The molecule has 5 heteroatoms. The minimum atomic E-state index is -0.0410. The molecule has 0 bridgehead atoms. The predicted octanol–water partition coefficient (Wildman–Crippen LogP) is 1.62. The van der Waals surface area contributed by atoms with Crippen LogP contribution in [-0.4, -0.2) is 53.6 Å². The van der Waals surface area contributed by atoms with E-state index in [1.165, 1.54) is 25.5 Å². The Morgan fingerprint density at radius 3 is 2.72 bits per heavy atom. The van der Waals surface area contributed by atoms with E-state index >= 15 is 0 Å². The summed E-state index contributed by atoms with van der Waals surface area (Å²) in [4.78, 5) is 16.3. The number of hydrogen-bond donors (Lipinski definition) is 0. The first-order chi connectivity index (χ1) is 8.81. The quantitative estimate of drug-likeness (QED) is 0.746. The summed E-state index contributed by atoms with van der Waals surface area (Å²) in [5.74, 6) is 0.301. The molecule has 2 rings (SSSR count). The van der Waals surface area contributed by atoms with Crippen LogP contribution in [0.3, 0.4) is 0 Å². The second kappa shape index (κ2) is 6.54. The monoisotopic (exact) mass is 251 g/mol. The summed E-state index contributed by atoms with van der Waals surface area (Å²) >= 11 is 0. The Hall–Kier alpha value is -1.36. The normalized spacial score (nSPS) is 17.1. The lowest BCUT2D eigenvalue weighted by Gasteiger charge is -2.34. The average Bonchev–Trinajstić information content (AvgIpc) is 2.93. The molecule has 5 nitrogen and oxygen atoms in total. The molecule has 1 fully saturated rings. The van der Waals surface area contributed by atoms with Gasteiger partial charge in [0.05, 0.1) is 6.20 Å². The molecule has 0 saturated carbocycles. The zero-order chi connectivity index (χ0) is 12.8. The molecule has 100 valence electrons. The zero-order valence-corrected chi connectivity index (χ0v) is 11.0. The maximum absolute atomic E-state index is 12.0. The Morgan fingerprint density at radius 2 is 2.11 bits per heavy atom. The van der Waals surface area contributed by atoms with Gasteiger partial charge in [-0.25, -0.2) is 0 Å². The van der Waals surface area contributed by atoms with Crippen LogP contribution in [0.5, 0.6) is 0 Å². The zero-order valence-electron chi connectivity index (χ0n) is 11.0. The van der Waals surface area contributed by atoms with Crippen LogP contribution in [0, 0.1) is 0 Å². The molecule has 2 heterocycles. The standard InChI is InChI=1S/C13H21N3O2/c1-2-3-4-7-15-8-10-16(11-9-15)13(17)12-5-6-14-18-12/h5-6H,2-4,7-11H2,1H3. The van der Waals surface area contributed by atoms with Crippen molar-refractivity contribution >= 4 is 5.91 Å². The molecule has 1 saturated heterocycles. The molecule has 0 aromatic carbocycles. The summed E-state index contributed by atoms with van der Waals surface area (Å²) in [6.45, 7) is 6.86. The number of rotatable bonds is 5. The molecule has 0 aliphatic carbocycles. The molecule has 1 aromatic rings. The van der Waals surface area contributed by atoms with Crippen molar-refractivity contribution in [2.45, 2.75) is 26.2 Å². The maximum atomic E-state index is 12.0. The molecule has 0 radical (unpaired) electrons. The van der Waals surface area contributed by atoms with E-state index < -0.39 is 0 Å². The molecule has 0 spiro atoms. The van der Waals surface area contributed by atoms with Crippen molar-refractivity contribution in [1.29, 1.82) is 0 Å². The van der Waals surface area contributed by atoms with Gasteiger partial charge in [-0.15, -0.1) is 0 Å². The van der Waals surface area contributed by atoms with Gasteiger partial charge in [-0.1, -0.05) is 24.9 Å². The van der Waals surface area contributed by atoms with E-state index in [1.807, 2.05) is 4.90 Å². The molecule has 1 amide bonds. The highest BCUT2D eigenvalue weighted by Gasteiger charge is 2.23. The third-order valence-electron chi connectivity index (χ3n) is 3.39. The summed E-state index contributed by atoms with van der Waals surface area (Å²) in [6.07, 6.45) is 5.31. The van der Waals surface area contributed by atoms with E-state index in [0.717, 1.165) is 32.7 Å². The number of piperazine rings is 1. The maximum Gasteiger partial charge on any atom is 0.292 e. The summed E-state index contributed by atoms with van der Waals surface area (Å²) in [5, 5.41) is 3.57. The Kier molecular flexibility index (Phi) is 4.75. The van der Waals surface area contributed by atoms with Crippen molar-refractivity contribution in [3.05, 3.63) is 18.0 Å². The topological polar surface area (TPSA) is 49.6 Å². The summed E-state index contributed by atoms with van der Waals surface area (Å²) in [5.41, 5.74) is 0. The molecule has 1 aliphatic rings. The number of hydrogen-bond acceptors (Lipinski definition) is 4. The van der Waals surface area contributed by atoms with Crippen LogP contribution >= 0.6 is 0 Å². The van der Waals surface area contributed by atoms with Gasteiger partial charge >= 0.3 is 0 Å². The van der Waals surface area contributed by atoms with Crippen molar-refractivity contribution in [2.24, 2.45) is 0 Å². The molecular formula is C13H21N3O2. The predicted molar refractivity (Wildman–Crippen MR) is 68.4 cm³/mol. The number of amides is 1. The first kappa shape index (κ1) is 13.1. The van der Waals surface area contributed by atoms with E-state index in [1.54, 1.807) is 6.07 Å². The van der Waals surface area contributed by atoms with Crippen molar-refractivity contribution < 1.29 is 9.32 Å². The molecule has 0 unspecified atom stereocenters. The average molecular weight is 251 g/mol. The SMILES string of the molecule is CCCCCN1CCN(C(=O)c2ccno2)CC1. The van der Waals surface area contributed by atoms with E-state index in [9.17, 15) is 4.79 Å². The highest BCUT2D eigenvalue weighted by atomic mass is 16.5. The largest absolute Gasteiger partial charge is 0.351 e. The van der Waals surface area contributed by atoms with E-state index in [2.05, 4.69) is 17.0 Å². The minimum Gasteiger partial charge on any atom is -0.351 e. The number of unbranched alkanes of at least 4 members (excludes halogenated alkanes) is 2. The van der Waals surface area contributed by atoms with Crippen molar-refractivity contribution in [1.82, 2.24) is 15.0 Å². The summed E-state index contributed by atoms with van der Waals surface area (Å²) in [6, 6.07) is 1.62. The van der Waals surface area contributed by atoms with Gasteiger partial charge in [-0.2, -0.15) is 0 Å². The van der Waals surface area contributed by atoms with Crippen LogP contribution in [0.25, 0.3) is 0 Å². The fraction of sp³-hybridized carbons (Fsp3) is 0.692. The van der Waals surface area contributed by atoms with E-state index in [4.69, 9.17) is 4.52 Å². The van der Waals surface area contributed by atoms with Crippen LogP contribution in [0.2, 0.25) is 0 Å². The highest BCUT2D eigenvalue weighted by Crippen LogP contribution is 2.09. The lowest BCUT2D eigenvalue weighted by molar-refractivity contribution is 0.0595. The van der Waals surface area contributed by atoms with E-state index in [-0.39, 0.29) is 5.91 Å². The Bertz CT molecular complexity index is 356. The third kappa shape index (κ3) is 3.32. The first-order valence-electron chi connectivity index (χ1n) is 6.73. The number of nitrogens with zero attached hydrogens (tertiary/aromatic N) is 3. The Labute approximate surface area is 108 Å².